The summed E-state index contributed by atoms with van der Waals surface area (Å²) in [4.78, 5) is 35.9. The molecule has 0 saturated heterocycles. The second-order valence-electron chi connectivity index (χ2n) is 6.69. The van der Waals surface area contributed by atoms with Crippen LogP contribution in [0.15, 0.2) is 24.3 Å². The molecule has 146 valence electrons. The van der Waals surface area contributed by atoms with Gasteiger partial charge in [0.1, 0.15) is 12.1 Å². The molecule has 7 nitrogen and oxygen atoms in total. The summed E-state index contributed by atoms with van der Waals surface area (Å²) in [6, 6.07) is 5.14. The van der Waals surface area contributed by atoms with E-state index in [0.717, 1.165) is 0 Å². The topological polar surface area (TPSA) is 108 Å². The number of rotatable bonds is 8. The summed E-state index contributed by atoms with van der Waals surface area (Å²) >= 11 is 0. The van der Waals surface area contributed by atoms with Crippen molar-refractivity contribution in [1.29, 1.82) is 0 Å². The Labute approximate surface area is 159 Å². The van der Waals surface area contributed by atoms with Crippen molar-refractivity contribution in [1.82, 2.24) is 10.6 Å². The summed E-state index contributed by atoms with van der Waals surface area (Å²) in [6.45, 7) is 6.51. The molecular weight excluding hydrogens is 346 g/mol. The minimum absolute atomic E-state index is 0.119. The predicted octanol–water partition coefficient (Wildman–Crippen LogP) is 1.35. The van der Waals surface area contributed by atoms with Gasteiger partial charge in [-0.15, -0.1) is 12.3 Å². The second-order valence-corrected chi connectivity index (χ2v) is 6.69. The van der Waals surface area contributed by atoms with Crippen LogP contribution in [0.4, 0.5) is 5.69 Å². The van der Waals surface area contributed by atoms with E-state index in [9.17, 15) is 19.5 Å². The average molecular weight is 373 g/mol. The van der Waals surface area contributed by atoms with E-state index in [-0.39, 0.29) is 18.2 Å². The van der Waals surface area contributed by atoms with Crippen molar-refractivity contribution in [2.24, 2.45) is 5.92 Å². The molecular formula is C20H27N3O4. The van der Waals surface area contributed by atoms with E-state index in [0.29, 0.717) is 11.3 Å². The third-order valence-corrected chi connectivity index (χ3v) is 3.93. The Balaban J connectivity index is 2.67. The molecule has 0 aliphatic heterocycles. The van der Waals surface area contributed by atoms with Crippen LogP contribution in [0.1, 0.15) is 45.8 Å². The highest BCUT2D eigenvalue weighted by molar-refractivity contribution is 5.98. The fraction of sp³-hybridized carbons (Fsp3) is 0.450. The van der Waals surface area contributed by atoms with E-state index < -0.39 is 30.0 Å². The Kier molecular flexibility index (Phi) is 8.49. The first-order chi connectivity index (χ1) is 12.6. The van der Waals surface area contributed by atoms with E-state index in [1.54, 1.807) is 45.0 Å². The Morgan fingerprint density at radius 2 is 1.67 bits per heavy atom. The maximum Gasteiger partial charge on any atom is 0.246 e. The molecule has 3 atom stereocenters. The normalized spacial score (nSPS) is 13.8. The number of aliphatic hydroxyl groups is 1. The molecule has 3 unspecified atom stereocenters. The first-order valence-electron chi connectivity index (χ1n) is 8.75. The monoisotopic (exact) mass is 373 g/mol. The summed E-state index contributed by atoms with van der Waals surface area (Å²) < 4.78 is 0. The lowest BCUT2D eigenvalue weighted by molar-refractivity contribution is -0.131. The van der Waals surface area contributed by atoms with Crippen molar-refractivity contribution in [3.8, 4) is 12.3 Å². The van der Waals surface area contributed by atoms with Crippen LogP contribution in [0.5, 0.6) is 0 Å². The number of hydrogen-bond acceptors (Lipinski definition) is 4. The molecule has 0 aliphatic rings. The third kappa shape index (κ3) is 7.12. The minimum Gasteiger partial charge on any atom is -0.387 e. The van der Waals surface area contributed by atoms with Gasteiger partial charge in [-0.2, -0.15) is 0 Å². The number of anilines is 1. The predicted molar refractivity (Wildman–Crippen MR) is 104 cm³/mol. The molecule has 0 radical (unpaired) electrons. The Hall–Kier alpha value is -2.85. The van der Waals surface area contributed by atoms with Crippen LogP contribution in [-0.4, -0.2) is 34.9 Å². The lowest BCUT2D eigenvalue weighted by atomic mass is 10.0. The number of amides is 3. The van der Waals surface area contributed by atoms with E-state index in [1.807, 2.05) is 0 Å². The smallest absolute Gasteiger partial charge is 0.246 e. The standard InChI is InChI=1S/C20H27N3O4/c1-6-7-17(25)15-8-10-16(11-9-15)23-19(26)13(4)21-20(27)18(12(2)3)22-14(5)24/h1,8-13,17-18,25H,7H2,2-5H3,(H,21,27)(H,22,24)(H,23,26). The zero-order valence-electron chi connectivity index (χ0n) is 16.1. The van der Waals surface area contributed by atoms with Gasteiger partial charge in [0.25, 0.3) is 0 Å². The minimum atomic E-state index is -0.792. The maximum absolute atomic E-state index is 12.3. The molecule has 1 aromatic rings. The van der Waals surface area contributed by atoms with Crippen LogP contribution in [0, 0.1) is 18.3 Å². The van der Waals surface area contributed by atoms with Gasteiger partial charge >= 0.3 is 0 Å². The zero-order valence-corrected chi connectivity index (χ0v) is 16.1. The van der Waals surface area contributed by atoms with Crippen molar-refractivity contribution in [2.75, 3.05) is 5.32 Å². The molecule has 7 heteroatoms. The summed E-state index contributed by atoms with van der Waals surface area (Å²) in [5, 5.41) is 17.7. The molecule has 0 fully saturated rings. The van der Waals surface area contributed by atoms with Crippen molar-refractivity contribution < 1.29 is 19.5 Å². The number of benzene rings is 1. The molecule has 0 heterocycles. The fourth-order valence-electron chi connectivity index (χ4n) is 2.39. The molecule has 0 bridgehead atoms. The van der Waals surface area contributed by atoms with Gasteiger partial charge in [-0.25, -0.2) is 0 Å². The lowest BCUT2D eigenvalue weighted by Crippen LogP contribution is -2.53. The average Bonchev–Trinajstić information content (AvgIpc) is 2.59. The maximum atomic E-state index is 12.3. The number of nitrogens with one attached hydrogen (secondary N) is 3. The molecule has 4 N–H and O–H groups in total. The lowest BCUT2D eigenvalue weighted by Gasteiger charge is -2.23. The van der Waals surface area contributed by atoms with Gasteiger partial charge in [0, 0.05) is 19.0 Å². The van der Waals surface area contributed by atoms with Gasteiger partial charge in [0.15, 0.2) is 0 Å². The molecule has 0 aromatic heterocycles. The van der Waals surface area contributed by atoms with Crippen LogP contribution >= 0.6 is 0 Å². The van der Waals surface area contributed by atoms with Crippen molar-refractivity contribution >= 4 is 23.4 Å². The van der Waals surface area contributed by atoms with Crippen LogP contribution in [0.2, 0.25) is 0 Å². The Morgan fingerprint density at radius 1 is 1.07 bits per heavy atom. The molecule has 0 spiro atoms. The number of carbonyl (C=O) groups excluding carboxylic acids is 3. The Bertz CT molecular complexity index is 707. The second kappa shape index (κ2) is 10.3. The SMILES string of the molecule is C#CCC(O)c1ccc(NC(=O)C(C)NC(=O)C(NC(C)=O)C(C)C)cc1. The highest BCUT2D eigenvalue weighted by Gasteiger charge is 2.26. The quantitative estimate of drug-likeness (QED) is 0.516. The van der Waals surface area contributed by atoms with E-state index in [2.05, 4.69) is 21.9 Å². The molecule has 0 saturated carbocycles. The Morgan fingerprint density at radius 3 is 2.15 bits per heavy atom. The van der Waals surface area contributed by atoms with Crippen molar-refractivity contribution in [2.45, 2.75) is 52.3 Å². The van der Waals surface area contributed by atoms with Gasteiger partial charge in [-0.05, 0) is 30.5 Å². The van der Waals surface area contributed by atoms with Crippen molar-refractivity contribution in [3.05, 3.63) is 29.8 Å². The summed E-state index contributed by atoms with van der Waals surface area (Å²) in [7, 11) is 0. The first-order valence-corrected chi connectivity index (χ1v) is 8.75. The molecule has 0 aliphatic carbocycles. The molecule has 1 rings (SSSR count). The van der Waals surface area contributed by atoms with E-state index in [4.69, 9.17) is 6.42 Å². The molecule has 1 aromatic carbocycles. The highest BCUT2D eigenvalue weighted by Crippen LogP contribution is 2.18. The van der Waals surface area contributed by atoms with E-state index in [1.165, 1.54) is 6.92 Å². The zero-order chi connectivity index (χ0) is 20.6. The van der Waals surface area contributed by atoms with Crippen molar-refractivity contribution in [3.63, 3.8) is 0 Å². The fourth-order valence-corrected chi connectivity index (χ4v) is 2.39. The number of terminal acetylenes is 1. The van der Waals surface area contributed by atoms with Gasteiger partial charge in [-0.1, -0.05) is 26.0 Å². The van der Waals surface area contributed by atoms with Gasteiger partial charge in [-0.3, -0.25) is 14.4 Å². The summed E-state index contributed by atoms with van der Waals surface area (Å²) in [5.74, 6) is 1.14. The summed E-state index contributed by atoms with van der Waals surface area (Å²) in [5.41, 5.74) is 1.18. The largest absolute Gasteiger partial charge is 0.387 e. The van der Waals surface area contributed by atoms with Crippen LogP contribution < -0.4 is 16.0 Å². The van der Waals surface area contributed by atoms with Crippen LogP contribution in [0.25, 0.3) is 0 Å². The summed E-state index contributed by atoms with van der Waals surface area (Å²) in [6.07, 6.45) is 4.64. The molecule has 3 amide bonds. The third-order valence-electron chi connectivity index (χ3n) is 3.93. The highest BCUT2D eigenvalue weighted by atomic mass is 16.3. The first kappa shape index (κ1) is 22.2. The van der Waals surface area contributed by atoms with E-state index >= 15 is 0 Å². The van der Waals surface area contributed by atoms with Gasteiger partial charge in [0.05, 0.1) is 6.10 Å². The number of hydrogen-bond donors (Lipinski definition) is 4. The molecule has 27 heavy (non-hydrogen) atoms. The van der Waals surface area contributed by atoms with Crippen LogP contribution in [-0.2, 0) is 14.4 Å². The number of aliphatic hydroxyl groups excluding tert-OH is 1. The van der Waals surface area contributed by atoms with Crippen LogP contribution in [0.3, 0.4) is 0 Å². The van der Waals surface area contributed by atoms with Gasteiger partial charge < -0.3 is 21.1 Å². The van der Waals surface area contributed by atoms with Gasteiger partial charge in [0.2, 0.25) is 17.7 Å². The number of carbonyl (C=O) groups is 3.